The molecule has 0 aliphatic heterocycles. The molecule has 2 aromatic rings. The largest absolute Gasteiger partial charge is 0.466 e. The highest BCUT2D eigenvalue weighted by Gasteiger charge is 2.52. The number of ether oxygens (including phenoxy) is 1. The van der Waals surface area contributed by atoms with Crippen LogP contribution in [-0.2, 0) is 20.7 Å². The molecule has 2 aromatic carbocycles. The molecule has 0 unspecified atom stereocenters. The zero-order chi connectivity index (χ0) is 16.2. The zero-order valence-corrected chi connectivity index (χ0v) is 13.3. The van der Waals surface area contributed by atoms with Crippen molar-refractivity contribution in [1.82, 2.24) is 0 Å². The second kappa shape index (κ2) is 4.79. The lowest BCUT2D eigenvalue weighted by atomic mass is 9.64. The number of carbonyl (C=O) groups is 2. The third-order valence-corrected chi connectivity index (χ3v) is 5.50. The fourth-order valence-corrected chi connectivity index (χ4v) is 4.23. The number of allylic oxidation sites excluding steroid dienone is 1. The van der Waals surface area contributed by atoms with E-state index < -0.39 is 11.4 Å². The highest BCUT2D eigenvalue weighted by molar-refractivity contribution is 6.09. The predicted molar refractivity (Wildman–Crippen MR) is 88.2 cm³/mol. The van der Waals surface area contributed by atoms with Gasteiger partial charge >= 0.3 is 5.97 Å². The van der Waals surface area contributed by atoms with Gasteiger partial charge in [0.2, 0.25) is 0 Å². The Labute approximate surface area is 134 Å². The Bertz CT molecular complexity index is 878. The maximum absolute atomic E-state index is 12.6. The summed E-state index contributed by atoms with van der Waals surface area (Å²) in [5.41, 5.74) is 2.32. The van der Waals surface area contributed by atoms with Crippen molar-refractivity contribution >= 4 is 22.5 Å². The van der Waals surface area contributed by atoms with E-state index in [1.54, 1.807) is 0 Å². The molecule has 0 heterocycles. The van der Waals surface area contributed by atoms with E-state index in [1.807, 2.05) is 19.1 Å². The predicted octanol–water partition coefficient (Wildman–Crippen LogP) is 3.56. The van der Waals surface area contributed by atoms with Crippen molar-refractivity contribution < 1.29 is 14.3 Å². The number of aryl methyl sites for hydroxylation is 1. The zero-order valence-electron chi connectivity index (χ0n) is 13.3. The van der Waals surface area contributed by atoms with Gasteiger partial charge in [-0.3, -0.25) is 4.79 Å². The highest BCUT2D eigenvalue weighted by Crippen LogP contribution is 2.54. The molecule has 0 saturated heterocycles. The van der Waals surface area contributed by atoms with Crippen molar-refractivity contribution in [2.75, 3.05) is 7.11 Å². The molecule has 0 aromatic heterocycles. The van der Waals surface area contributed by atoms with Crippen LogP contribution in [0.5, 0.6) is 0 Å². The quantitative estimate of drug-likeness (QED) is 0.757. The molecule has 2 aliphatic carbocycles. The van der Waals surface area contributed by atoms with Gasteiger partial charge in [-0.2, -0.15) is 0 Å². The minimum atomic E-state index is -0.529. The summed E-state index contributed by atoms with van der Waals surface area (Å²) in [6, 6.07) is 12.4. The second-order valence-corrected chi connectivity index (χ2v) is 6.66. The molecule has 4 rings (SSSR count). The van der Waals surface area contributed by atoms with Gasteiger partial charge in [-0.25, -0.2) is 4.79 Å². The SMILES string of the molecule is COC(=O)C1=CC(=O)[C@]2(C)CCc3c(ccc4ccccc34)[C@H]12. The van der Waals surface area contributed by atoms with Crippen LogP contribution >= 0.6 is 0 Å². The standard InChI is InChI=1S/C20H18O3/c1-20-10-9-14-13-6-4-3-5-12(13)7-8-15(14)18(20)16(11-17(20)21)19(22)23-2/h3-8,11,18H,9-10H2,1-2H3/t18-,20+/m1/s1. The number of ketones is 1. The van der Waals surface area contributed by atoms with E-state index in [0.29, 0.717) is 5.57 Å². The molecule has 0 fully saturated rings. The first-order valence-corrected chi connectivity index (χ1v) is 7.91. The number of hydrogen-bond donors (Lipinski definition) is 0. The fraction of sp³-hybridized carbons (Fsp3) is 0.300. The van der Waals surface area contributed by atoms with E-state index in [9.17, 15) is 9.59 Å². The third kappa shape index (κ3) is 1.83. The van der Waals surface area contributed by atoms with Crippen molar-refractivity contribution in [3.63, 3.8) is 0 Å². The Morgan fingerprint density at radius 1 is 1.22 bits per heavy atom. The first-order valence-electron chi connectivity index (χ1n) is 7.91. The van der Waals surface area contributed by atoms with E-state index in [2.05, 4.69) is 24.3 Å². The molecule has 116 valence electrons. The summed E-state index contributed by atoms with van der Waals surface area (Å²) in [6.45, 7) is 1.98. The average molecular weight is 306 g/mol. The normalized spacial score (nSPS) is 25.7. The van der Waals surface area contributed by atoms with Gasteiger partial charge in [0.15, 0.2) is 5.78 Å². The summed E-state index contributed by atoms with van der Waals surface area (Å²) < 4.78 is 4.92. The highest BCUT2D eigenvalue weighted by atomic mass is 16.5. The van der Waals surface area contributed by atoms with Gasteiger partial charge in [0, 0.05) is 16.9 Å². The summed E-state index contributed by atoms with van der Waals surface area (Å²) >= 11 is 0. The number of benzene rings is 2. The molecule has 0 radical (unpaired) electrons. The van der Waals surface area contributed by atoms with Crippen molar-refractivity contribution in [2.45, 2.75) is 25.7 Å². The average Bonchev–Trinajstić information content (AvgIpc) is 2.85. The minimum Gasteiger partial charge on any atom is -0.466 e. The number of rotatable bonds is 1. The van der Waals surface area contributed by atoms with Gasteiger partial charge in [-0.1, -0.05) is 43.3 Å². The molecule has 2 aliphatic rings. The van der Waals surface area contributed by atoms with Crippen molar-refractivity contribution in [3.05, 3.63) is 59.2 Å². The smallest absolute Gasteiger partial charge is 0.334 e. The molecule has 2 atom stereocenters. The molecule has 0 bridgehead atoms. The number of fused-ring (bicyclic) bond motifs is 5. The van der Waals surface area contributed by atoms with Gasteiger partial charge in [0.05, 0.1) is 7.11 Å². The Morgan fingerprint density at radius 3 is 2.78 bits per heavy atom. The van der Waals surface area contributed by atoms with Crippen LogP contribution in [0.15, 0.2) is 48.0 Å². The van der Waals surface area contributed by atoms with Crippen molar-refractivity contribution in [1.29, 1.82) is 0 Å². The monoisotopic (exact) mass is 306 g/mol. The van der Waals surface area contributed by atoms with Crippen LogP contribution in [0.1, 0.15) is 30.4 Å². The van der Waals surface area contributed by atoms with E-state index in [1.165, 1.54) is 29.5 Å². The van der Waals surface area contributed by atoms with E-state index in [0.717, 1.165) is 18.4 Å². The second-order valence-electron chi connectivity index (χ2n) is 6.66. The lowest BCUT2D eigenvalue weighted by Crippen LogP contribution is -2.35. The van der Waals surface area contributed by atoms with Crippen LogP contribution < -0.4 is 0 Å². The topological polar surface area (TPSA) is 43.4 Å². The van der Waals surface area contributed by atoms with E-state index >= 15 is 0 Å². The lowest BCUT2D eigenvalue weighted by Gasteiger charge is -2.38. The van der Waals surface area contributed by atoms with Gasteiger partial charge in [0.1, 0.15) is 0 Å². The van der Waals surface area contributed by atoms with E-state index in [4.69, 9.17) is 4.74 Å². The molecule has 3 heteroatoms. The first kappa shape index (κ1) is 14.2. The molecular formula is C20H18O3. The molecule has 0 amide bonds. The van der Waals surface area contributed by atoms with Crippen LogP contribution in [0.2, 0.25) is 0 Å². The van der Waals surface area contributed by atoms with Gasteiger partial charge in [0.25, 0.3) is 0 Å². The molecule has 3 nitrogen and oxygen atoms in total. The molecule has 0 spiro atoms. The van der Waals surface area contributed by atoms with Gasteiger partial charge in [-0.05, 0) is 40.8 Å². The molecule has 0 N–H and O–H groups in total. The Balaban J connectivity index is 1.96. The Hall–Kier alpha value is -2.42. The molecule has 23 heavy (non-hydrogen) atoms. The van der Waals surface area contributed by atoms with Crippen LogP contribution in [-0.4, -0.2) is 18.9 Å². The van der Waals surface area contributed by atoms with Crippen LogP contribution in [0, 0.1) is 5.41 Å². The number of carbonyl (C=O) groups excluding carboxylic acids is 2. The number of esters is 1. The maximum atomic E-state index is 12.6. The lowest BCUT2D eigenvalue weighted by molar-refractivity contribution is -0.136. The summed E-state index contributed by atoms with van der Waals surface area (Å²) in [6.07, 6.45) is 3.12. The summed E-state index contributed by atoms with van der Waals surface area (Å²) in [7, 11) is 1.37. The van der Waals surface area contributed by atoms with Gasteiger partial charge in [-0.15, -0.1) is 0 Å². The Morgan fingerprint density at radius 2 is 2.00 bits per heavy atom. The molecule has 0 saturated carbocycles. The minimum absolute atomic E-state index is 0.0432. The molecular weight excluding hydrogens is 288 g/mol. The third-order valence-electron chi connectivity index (χ3n) is 5.50. The number of methoxy groups -OCH3 is 1. The first-order chi connectivity index (χ1) is 11.1. The van der Waals surface area contributed by atoms with Crippen LogP contribution in [0.3, 0.4) is 0 Å². The number of hydrogen-bond acceptors (Lipinski definition) is 3. The van der Waals surface area contributed by atoms with E-state index in [-0.39, 0.29) is 11.7 Å². The summed E-state index contributed by atoms with van der Waals surface area (Å²) in [5, 5.41) is 2.42. The fourth-order valence-electron chi connectivity index (χ4n) is 4.23. The maximum Gasteiger partial charge on any atom is 0.334 e. The van der Waals surface area contributed by atoms with Crippen LogP contribution in [0.4, 0.5) is 0 Å². The van der Waals surface area contributed by atoms with Crippen molar-refractivity contribution in [3.8, 4) is 0 Å². The summed E-state index contributed by atoms with van der Waals surface area (Å²) in [5.74, 6) is -0.550. The van der Waals surface area contributed by atoms with Crippen LogP contribution in [0.25, 0.3) is 10.8 Å². The summed E-state index contributed by atoms with van der Waals surface area (Å²) in [4.78, 5) is 24.7. The van der Waals surface area contributed by atoms with Gasteiger partial charge < -0.3 is 4.74 Å². The van der Waals surface area contributed by atoms with Crippen molar-refractivity contribution in [2.24, 2.45) is 5.41 Å². The Kier molecular flexibility index (Phi) is 2.95.